The number of morpholine rings is 1. The van der Waals surface area contributed by atoms with Crippen molar-refractivity contribution in [1.29, 1.82) is 0 Å². The zero-order valence-corrected chi connectivity index (χ0v) is 19.7. The number of ether oxygens (including phenoxy) is 1. The van der Waals surface area contributed by atoms with Crippen molar-refractivity contribution in [2.24, 2.45) is 5.92 Å². The van der Waals surface area contributed by atoms with Gasteiger partial charge >= 0.3 is 0 Å². The molecule has 1 aliphatic carbocycles. The van der Waals surface area contributed by atoms with E-state index in [0.717, 1.165) is 48.9 Å². The Kier molecular flexibility index (Phi) is 6.53. The van der Waals surface area contributed by atoms with Crippen LogP contribution in [0.3, 0.4) is 0 Å². The van der Waals surface area contributed by atoms with Crippen LogP contribution in [-0.2, 0) is 19.6 Å². The van der Waals surface area contributed by atoms with E-state index in [2.05, 4.69) is 10.2 Å². The lowest BCUT2D eigenvalue weighted by molar-refractivity contribution is -0.125. The Labute approximate surface area is 195 Å². The summed E-state index contributed by atoms with van der Waals surface area (Å²) in [5.41, 5.74) is 0.756. The second kappa shape index (κ2) is 9.56. The molecule has 3 aliphatic rings. The highest BCUT2D eigenvalue weighted by Gasteiger charge is 2.29. The van der Waals surface area contributed by atoms with Crippen LogP contribution in [0.5, 0.6) is 0 Å². The number of anilines is 1. The summed E-state index contributed by atoms with van der Waals surface area (Å²) >= 11 is 0. The fraction of sp³-hybridized carbons (Fsp3) is 0.583. The third-order valence-corrected chi connectivity index (χ3v) is 8.97. The largest absolute Gasteiger partial charge is 0.379 e. The van der Waals surface area contributed by atoms with E-state index >= 15 is 0 Å². The molecule has 5 rings (SSSR count). The number of hydrogen-bond acceptors (Lipinski definition) is 6. The fourth-order valence-electron chi connectivity index (χ4n) is 5.15. The number of fused-ring (bicyclic) bond motifs is 1. The van der Waals surface area contributed by atoms with Gasteiger partial charge < -0.3 is 15.0 Å². The Morgan fingerprint density at radius 3 is 2.58 bits per heavy atom. The predicted octanol–water partition coefficient (Wildman–Crippen LogP) is 2.53. The Bertz CT molecular complexity index is 1110. The SMILES string of the molecule is O=C(NC1CCCC1)C1CCCN(c2ccc3cc(S(=O)(=O)N4CCOCC4)ccc3n2)C1. The minimum absolute atomic E-state index is 0.0158. The number of hydrogen-bond donors (Lipinski definition) is 1. The van der Waals surface area contributed by atoms with Crippen molar-refractivity contribution in [3.8, 4) is 0 Å². The van der Waals surface area contributed by atoms with Gasteiger partial charge in [-0.1, -0.05) is 12.8 Å². The van der Waals surface area contributed by atoms with Crippen LogP contribution in [0.15, 0.2) is 35.2 Å². The van der Waals surface area contributed by atoms with E-state index < -0.39 is 10.0 Å². The van der Waals surface area contributed by atoms with E-state index in [4.69, 9.17) is 9.72 Å². The molecule has 8 nitrogen and oxygen atoms in total. The highest BCUT2D eigenvalue weighted by atomic mass is 32.2. The summed E-state index contributed by atoms with van der Waals surface area (Å²) in [7, 11) is -3.54. The van der Waals surface area contributed by atoms with Gasteiger partial charge in [-0.05, 0) is 56.0 Å². The fourth-order valence-corrected chi connectivity index (χ4v) is 6.60. The molecule has 9 heteroatoms. The Hall–Kier alpha value is -2.23. The van der Waals surface area contributed by atoms with Crippen LogP contribution in [0.4, 0.5) is 5.82 Å². The number of amides is 1. The molecule has 1 saturated carbocycles. The minimum Gasteiger partial charge on any atom is -0.379 e. The summed E-state index contributed by atoms with van der Waals surface area (Å²) < 4.78 is 32.7. The lowest BCUT2D eigenvalue weighted by Gasteiger charge is -2.33. The second-order valence-electron chi connectivity index (χ2n) is 9.32. The van der Waals surface area contributed by atoms with Gasteiger partial charge in [-0.25, -0.2) is 13.4 Å². The first-order valence-corrected chi connectivity index (χ1v) is 13.5. The normalized spacial score (nSPS) is 23.2. The number of aromatic nitrogens is 1. The number of sulfonamides is 1. The Balaban J connectivity index is 1.30. The first-order valence-electron chi connectivity index (χ1n) is 12.0. The van der Waals surface area contributed by atoms with Crippen molar-refractivity contribution in [2.45, 2.75) is 49.5 Å². The standard InChI is InChI=1S/C24H32N4O4S/c29-24(25-20-5-1-2-6-20)19-4-3-11-27(17-19)23-10-7-18-16-21(8-9-22(18)26-23)33(30,31)28-12-14-32-15-13-28/h7-10,16,19-20H,1-6,11-15,17H2,(H,25,29). The topological polar surface area (TPSA) is 91.8 Å². The van der Waals surface area contributed by atoms with E-state index in [1.54, 1.807) is 18.2 Å². The number of nitrogens with zero attached hydrogens (tertiary/aromatic N) is 3. The molecule has 1 aromatic carbocycles. The average Bonchev–Trinajstić information content (AvgIpc) is 3.37. The number of carbonyl (C=O) groups excluding carboxylic acids is 1. The van der Waals surface area contributed by atoms with Crippen LogP contribution >= 0.6 is 0 Å². The zero-order chi connectivity index (χ0) is 22.8. The van der Waals surface area contributed by atoms with E-state index in [-0.39, 0.29) is 16.7 Å². The van der Waals surface area contributed by atoms with Gasteiger partial charge in [0.25, 0.3) is 0 Å². The van der Waals surface area contributed by atoms with Crippen LogP contribution in [0.1, 0.15) is 38.5 Å². The number of pyridine rings is 1. The van der Waals surface area contributed by atoms with Gasteiger partial charge in [-0.15, -0.1) is 0 Å². The third kappa shape index (κ3) is 4.85. The van der Waals surface area contributed by atoms with E-state index in [1.165, 1.54) is 17.1 Å². The third-order valence-electron chi connectivity index (χ3n) is 7.07. The summed E-state index contributed by atoms with van der Waals surface area (Å²) in [5, 5.41) is 4.04. The first-order chi connectivity index (χ1) is 16.0. The summed E-state index contributed by atoms with van der Waals surface area (Å²) in [4.78, 5) is 20.0. The summed E-state index contributed by atoms with van der Waals surface area (Å²) in [6, 6.07) is 9.32. The molecule has 1 aromatic heterocycles. The molecule has 3 heterocycles. The van der Waals surface area contributed by atoms with E-state index in [0.29, 0.717) is 38.9 Å². The van der Waals surface area contributed by atoms with Gasteiger partial charge in [-0.3, -0.25) is 4.79 Å². The molecule has 2 aliphatic heterocycles. The van der Waals surface area contributed by atoms with Gasteiger partial charge in [0.05, 0.1) is 29.5 Å². The lowest BCUT2D eigenvalue weighted by Crippen LogP contribution is -2.45. The molecule has 0 spiro atoms. The molecule has 2 aromatic rings. The quantitative estimate of drug-likeness (QED) is 0.719. The maximum Gasteiger partial charge on any atom is 0.243 e. The van der Waals surface area contributed by atoms with Crippen LogP contribution in [0.2, 0.25) is 0 Å². The zero-order valence-electron chi connectivity index (χ0n) is 18.9. The van der Waals surface area contributed by atoms with E-state index in [1.807, 2.05) is 12.1 Å². The summed E-state index contributed by atoms with van der Waals surface area (Å²) in [6.07, 6.45) is 6.47. The molecular formula is C24H32N4O4S. The van der Waals surface area contributed by atoms with Gasteiger partial charge in [-0.2, -0.15) is 4.31 Å². The maximum absolute atomic E-state index is 13.0. The maximum atomic E-state index is 13.0. The van der Waals surface area contributed by atoms with Crippen LogP contribution in [0, 0.1) is 5.92 Å². The van der Waals surface area contributed by atoms with Crippen molar-refractivity contribution in [2.75, 3.05) is 44.3 Å². The highest BCUT2D eigenvalue weighted by Crippen LogP contribution is 2.27. The summed E-state index contributed by atoms with van der Waals surface area (Å²) in [6.45, 7) is 3.14. The molecule has 1 atom stereocenters. The van der Waals surface area contributed by atoms with Gasteiger partial charge in [0.15, 0.2) is 0 Å². The molecule has 1 amide bonds. The number of piperidine rings is 1. The molecule has 33 heavy (non-hydrogen) atoms. The van der Waals surface area contributed by atoms with E-state index in [9.17, 15) is 13.2 Å². The lowest BCUT2D eigenvalue weighted by atomic mass is 9.96. The predicted molar refractivity (Wildman–Crippen MR) is 127 cm³/mol. The molecule has 0 bridgehead atoms. The minimum atomic E-state index is -3.54. The van der Waals surface area contributed by atoms with Gasteiger partial charge in [0, 0.05) is 37.6 Å². The molecule has 1 unspecified atom stereocenters. The van der Waals surface area contributed by atoms with Gasteiger partial charge in [0.2, 0.25) is 15.9 Å². The molecule has 1 N–H and O–H groups in total. The molecule has 3 fully saturated rings. The second-order valence-corrected chi connectivity index (χ2v) is 11.3. The number of rotatable bonds is 5. The monoisotopic (exact) mass is 472 g/mol. The van der Waals surface area contributed by atoms with Crippen molar-refractivity contribution >= 4 is 32.7 Å². The number of carbonyl (C=O) groups is 1. The summed E-state index contributed by atoms with van der Waals surface area (Å²) in [5.74, 6) is 0.993. The van der Waals surface area contributed by atoms with Crippen molar-refractivity contribution in [3.05, 3.63) is 30.3 Å². The van der Waals surface area contributed by atoms with Crippen molar-refractivity contribution in [3.63, 3.8) is 0 Å². The Morgan fingerprint density at radius 1 is 1.00 bits per heavy atom. The molecule has 0 radical (unpaired) electrons. The van der Waals surface area contributed by atoms with Crippen molar-refractivity contribution < 1.29 is 17.9 Å². The first kappa shape index (κ1) is 22.6. The Morgan fingerprint density at radius 2 is 1.79 bits per heavy atom. The number of nitrogens with one attached hydrogen (secondary N) is 1. The molecule has 2 saturated heterocycles. The van der Waals surface area contributed by atoms with Gasteiger partial charge in [0.1, 0.15) is 5.82 Å². The highest BCUT2D eigenvalue weighted by molar-refractivity contribution is 7.89. The molecule has 178 valence electrons. The molecular weight excluding hydrogens is 440 g/mol. The van der Waals surface area contributed by atoms with Crippen LogP contribution in [-0.4, -0.2) is 69.0 Å². The smallest absolute Gasteiger partial charge is 0.243 e. The van der Waals surface area contributed by atoms with Crippen LogP contribution < -0.4 is 10.2 Å². The average molecular weight is 473 g/mol. The van der Waals surface area contributed by atoms with Crippen LogP contribution in [0.25, 0.3) is 10.9 Å². The van der Waals surface area contributed by atoms with Crippen molar-refractivity contribution in [1.82, 2.24) is 14.6 Å². The number of benzene rings is 1.